The first-order chi connectivity index (χ1) is 20.9. The molecule has 3 heterocycles. The molecule has 0 spiro atoms. The molecule has 43 heavy (non-hydrogen) atoms. The molecule has 208 valence electrons. The van der Waals surface area contributed by atoms with Gasteiger partial charge in [-0.15, -0.1) is 54.1 Å². The molecule has 4 heteroatoms. The van der Waals surface area contributed by atoms with Crippen molar-refractivity contribution in [2.45, 2.75) is 0 Å². The van der Waals surface area contributed by atoms with E-state index < -0.39 is 0 Å². The maximum Gasteiger partial charge on any atom is 3.00 e. The van der Waals surface area contributed by atoms with Crippen LogP contribution in [0.4, 0.5) is 0 Å². The Labute approximate surface area is 267 Å². The fourth-order valence-electron chi connectivity index (χ4n) is 4.07. The van der Waals surface area contributed by atoms with Gasteiger partial charge in [0, 0.05) is 0 Å². The Balaban J connectivity index is 0.000000151. The summed E-state index contributed by atoms with van der Waals surface area (Å²) in [6, 6.07) is 59.4. The van der Waals surface area contributed by atoms with Crippen LogP contribution in [0.3, 0.4) is 0 Å². The maximum absolute atomic E-state index is 4.38. The average Bonchev–Trinajstić information content (AvgIpc) is 3.11. The second-order valence-corrected chi connectivity index (χ2v) is 9.06. The second kappa shape index (κ2) is 17.1. The molecule has 0 fully saturated rings. The van der Waals surface area contributed by atoms with E-state index in [2.05, 4.69) is 45.3 Å². The Kier molecular flexibility index (Phi) is 12.3. The molecule has 0 unspecified atom stereocenters. The van der Waals surface area contributed by atoms with Crippen LogP contribution in [-0.4, -0.2) is 15.0 Å². The molecule has 0 aliphatic carbocycles. The maximum atomic E-state index is 4.38. The van der Waals surface area contributed by atoms with Gasteiger partial charge >= 0.3 is 20.1 Å². The van der Waals surface area contributed by atoms with Gasteiger partial charge in [-0.1, -0.05) is 119 Å². The number of hydrogen-bond donors (Lipinski definition) is 0. The van der Waals surface area contributed by atoms with Gasteiger partial charge < -0.3 is 0 Å². The van der Waals surface area contributed by atoms with Crippen LogP contribution in [-0.2, 0) is 20.1 Å². The fourth-order valence-corrected chi connectivity index (χ4v) is 4.07. The Morgan fingerprint density at radius 3 is 1.12 bits per heavy atom. The predicted molar refractivity (Wildman–Crippen MR) is 171 cm³/mol. The standard InChI is InChI=1S/C17H12N.2C11H8N.Ir/c1-3-7-14(8-4-1)16-11-12-18-17(13-16)15-9-5-2-6-10-15;2*1-2-6-10(7-3-1)11-8-4-5-9-12-11;/h1-12H;2*1-7,9H;/q3*-1;+3. The number of benzene rings is 4. The normalized spacial score (nSPS) is 9.67. The number of pyridine rings is 3. The van der Waals surface area contributed by atoms with Crippen LogP contribution < -0.4 is 0 Å². The van der Waals surface area contributed by atoms with Crippen molar-refractivity contribution >= 4 is 0 Å². The largest absolute Gasteiger partial charge is 3.00 e. The smallest absolute Gasteiger partial charge is 0.296 e. The first kappa shape index (κ1) is 30.9. The van der Waals surface area contributed by atoms with E-state index in [-0.39, 0.29) is 20.1 Å². The van der Waals surface area contributed by atoms with Crippen LogP contribution in [0.15, 0.2) is 170 Å². The number of nitrogens with zero attached hydrogens (tertiary/aromatic N) is 3. The summed E-state index contributed by atoms with van der Waals surface area (Å²) in [6.45, 7) is 0. The molecular weight excluding hydrogens is 703 g/mol. The van der Waals surface area contributed by atoms with E-state index in [0.29, 0.717) is 0 Å². The van der Waals surface area contributed by atoms with Crippen molar-refractivity contribution in [1.29, 1.82) is 0 Å². The van der Waals surface area contributed by atoms with Crippen LogP contribution in [0.5, 0.6) is 0 Å². The van der Waals surface area contributed by atoms with Gasteiger partial charge in [-0.25, -0.2) is 0 Å². The topological polar surface area (TPSA) is 38.7 Å². The van der Waals surface area contributed by atoms with Crippen LogP contribution in [0.1, 0.15) is 0 Å². The molecular formula is C39H28IrN3. The van der Waals surface area contributed by atoms with Crippen LogP contribution in [0, 0.1) is 18.2 Å². The molecule has 0 aliphatic heterocycles. The van der Waals surface area contributed by atoms with E-state index >= 15 is 0 Å². The molecule has 3 nitrogen and oxygen atoms in total. The quantitative estimate of drug-likeness (QED) is 0.170. The SMILES string of the molecule is [Ir+3].[c-]1c(-c2ccccc2)ccnc1-c1ccccc1.[c-]1cccnc1-c1ccccc1.[c-]1cccnc1-c1ccccc1. The minimum atomic E-state index is 0. The summed E-state index contributed by atoms with van der Waals surface area (Å²) >= 11 is 0. The summed E-state index contributed by atoms with van der Waals surface area (Å²) in [4.78, 5) is 12.8. The third-order valence-corrected chi connectivity index (χ3v) is 6.14. The van der Waals surface area contributed by atoms with E-state index in [1.54, 1.807) is 12.4 Å². The summed E-state index contributed by atoms with van der Waals surface area (Å²) in [5, 5.41) is 0. The molecule has 0 saturated carbocycles. The summed E-state index contributed by atoms with van der Waals surface area (Å²) in [6.07, 6.45) is 5.39. The summed E-state index contributed by atoms with van der Waals surface area (Å²) in [7, 11) is 0. The summed E-state index contributed by atoms with van der Waals surface area (Å²) in [5.74, 6) is 0. The van der Waals surface area contributed by atoms with Crippen molar-refractivity contribution < 1.29 is 20.1 Å². The van der Waals surface area contributed by atoms with Gasteiger partial charge in [-0.3, -0.25) is 15.0 Å². The van der Waals surface area contributed by atoms with Crippen LogP contribution in [0.2, 0.25) is 0 Å². The third kappa shape index (κ3) is 9.51. The van der Waals surface area contributed by atoms with E-state index in [0.717, 1.165) is 44.9 Å². The molecule has 0 N–H and O–H groups in total. The number of hydrogen-bond acceptors (Lipinski definition) is 3. The third-order valence-electron chi connectivity index (χ3n) is 6.14. The molecule has 7 rings (SSSR count). The van der Waals surface area contributed by atoms with Crippen molar-refractivity contribution in [2.75, 3.05) is 0 Å². The molecule has 3 aromatic heterocycles. The summed E-state index contributed by atoms with van der Waals surface area (Å²) in [5.41, 5.74) is 8.24. The van der Waals surface area contributed by atoms with E-state index in [1.165, 1.54) is 0 Å². The first-order valence-corrected chi connectivity index (χ1v) is 13.6. The van der Waals surface area contributed by atoms with Crippen LogP contribution >= 0.6 is 0 Å². The van der Waals surface area contributed by atoms with Crippen molar-refractivity contribution in [3.05, 3.63) is 188 Å². The van der Waals surface area contributed by atoms with Gasteiger partial charge in [0.05, 0.1) is 0 Å². The Hall–Kier alpha value is -5.02. The molecule has 0 atom stereocenters. The molecule has 7 aromatic rings. The van der Waals surface area contributed by atoms with Gasteiger partial charge in [0.1, 0.15) is 0 Å². The molecule has 0 amide bonds. The minimum absolute atomic E-state index is 0. The van der Waals surface area contributed by atoms with Gasteiger partial charge in [-0.05, 0) is 35.7 Å². The molecule has 0 radical (unpaired) electrons. The first-order valence-electron chi connectivity index (χ1n) is 13.6. The van der Waals surface area contributed by atoms with Gasteiger partial charge in [0.2, 0.25) is 0 Å². The van der Waals surface area contributed by atoms with Crippen molar-refractivity contribution in [2.24, 2.45) is 0 Å². The Morgan fingerprint density at radius 2 is 0.721 bits per heavy atom. The fraction of sp³-hybridized carbons (Fsp3) is 0. The van der Waals surface area contributed by atoms with Crippen molar-refractivity contribution in [1.82, 2.24) is 15.0 Å². The Morgan fingerprint density at radius 1 is 0.349 bits per heavy atom. The number of rotatable bonds is 4. The van der Waals surface area contributed by atoms with Gasteiger partial charge in [0.15, 0.2) is 0 Å². The molecule has 4 aromatic carbocycles. The minimum Gasteiger partial charge on any atom is -0.296 e. The zero-order valence-corrected chi connectivity index (χ0v) is 25.7. The predicted octanol–water partition coefficient (Wildman–Crippen LogP) is 9.31. The second-order valence-electron chi connectivity index (χ2n) is 9.06. The van der Waals surface area contributed by atoms with E-state index in [4.69, 9.17) is 0 Å². The average molecular weight is 731 g/mol. The van der Waals surface area contributed by atoms with Gasteiger partial charge in [0.25, 0.3) is 0 Å². The molecule has 0 aliphatic rings. The monoisotopic (exact) mass is 731 g/mol. The van der Waals surface area contributed by atoms with Crippen LogP contribution in [0.25, 0.3) is 44.9 Å². The van der Waals surface area contributed by atoms with Crippen molar-refractivity contribution in [3.8, 4) is 44.9 Å². The molecule has 0 saturated heterocycles. The summed E-state index contributed by atoms with van der Waals surface area (Å²) < 4.78 is 0. The Bertz CT molecular complexity index is 1530. The van der Waals surface area contributed by atoms with E-state index in [9.17, 15) is 0 Å². The zero-order valence-electron chi connectivity index (χ0n) is 23.3. The zero-order chi connectivity index (χ0) is 28.7. The molecule has 0 bridgehead atoms. The van der Waals surface area contributed by atoms with Crippen molar-refractivity contribution in [3.63, 3.8) is 0 Å². The van der Waals surface area contributed by atoms with E-state index in [1.807, 2.05) is 146 Å². The van der Waals surface area contributed by atoms with Gasteiger partial charge in [-0.2, -0.15) is 24.3 Å². The number of aromatic nitrogens is 3.